The molecule has 0 amide bonds. The third-order valence-electron chi connectivity index (χ3n) is 4.90. The summed E-state index contributed by atoms with van der Waals surface area (Å²) in [7, 11) is -0.284. The Morgan fingerprint density at radius 2 is 1.89 bits per heavy atom. The second-order valence-corrected chi connectivity index (χ2v) is 8.97. The monoisotopic (exact) mass is 389 g/mol. The first-order valence-corrected chi connectivity index (χ1v) is 10.2. The maximum atomic E-state index is 12.2. The van der Waals surface area contributed by atoms with Crippen molar-refractivity contribution < 1.29 is 18.3 Å². The Bertz CT molecular complexity index is 935. The summed E-state index contributed by atoms with van der Waals surface area (Å²) >= 11 is 0. The molecule has 1 saturated heterocycles. The predicted octanol–water partition coefficient (Wildman–Crippen LogP) is 2.43. The number of hydrogen-bond acceptors (Lipinski definition) is 4. The summed E-state index contributed by atoms with van der Waals surface area (Å²) in [6.45, 7) is 0.967. The predicted molar refractivity (Wildman–Crippen MR) is 103 cm³/mol. The van der Waals surface area contributed by atoms with E-state index in [9.17, 15) is 13.2 Å². The van der Waals surface area contributed by atoms with E-state index in [0.29, 0.717) is 13.1 Å². The van der Waals surface area contributed by atoms with Crippen molar-refractivity contribution in [1.29, 1.82) is 0 Å². The lowest BCUT2D eigenvalue weighted by Crippen LogP contribution is -2.44. The molecule has 0 atom stereocenters. The third kappa shape index (κ3) is 4.18. The number of pyridine rings is 1. The lowest BCUT2D eigenvalue weighted by Gasteiger charge is -2.33. The maximum Gasteiger partial charge on any atom is 0.335 e. The summed E-state index contributed by atoms with van der Waals surface area (Å²) in [5.41, 5.74) is 2.80. The summed E-state index contributed by atoms with van der Waals surface area (Å²) in [4.78, 5) is 15.6. The van der Waals surface area contributed by atoms with E-state index >= 15 is 0 Å². The minimum Gasteiger partial charge on any atom is -0.478 e. The number of carbonyl (C=O) groups is 1. The van der Waals surface area contributed by atoms with Crippen LogP contribution in [0.1, 0.15) is 34.7 Å². The van der Waals surface area contributed by atoms with E-state index in [1.54, 1.807) is 38.5 Å². The van der Waals surface area contributed by atoms with Crippen LogP contribution in [0.2, 0.25) is 0 Å². The molecule has 2 heterocycles. The molecule has 0 unspecified atom stereocenters. The van der Waals surface area contributed by atoms with Gasteiger partial charge in [0.1, 0.15) is 0 Å². The van der Waals surface area contributed by atoms with Crippen LogP contribution in [0.5, 0.6) is 0 Å². The van der Waals surface area contributed by atoms with Gasteiger partial charge >= 0.3 is 5.97 Å². The zero-order chi connectivity index (χ0) is 19.6. The van der Waals surface area contributed by atoms with Gasteiger partial charge in [0.05, 0.1) is 11.3 Å². The molecule has 1 N–H and O–H groups in total. The van der Waals surface area contributed by atoms with Gasteiger partial charge in [-0.2, -0.15) is 17.0 Å². The Labute approximate surface area is 159 Å². The lowest BCUT2D eigenvalue weighted by molar-refractivity contribution is 0.0697. The molecule has 0 saturated carbocycles. The second kappa shape index (κ2) is 7.75. The number of carboxylic acid groups (broad SMARTS) is 1. The number of aromatic nitrogens is 1. The highest BCUT2D eigenvalue weighted by molar-refractivity contribution is 7.86. The van der Waals surface area contributed by atoms with Crippen molar-refractivity contribution in [3.05, 3.63) is 53.7 Å². The van der Waals surface area contributed by atoms with Gasteiger partial charge in [-0.25, -0.2) is 4.79 Å². The summed E-state index contributed by atoms with van der Waals surface area (Å²) in [6, 6.07) is 10.6. The van der Waals surface area contributed by atoms with Crippen LogP contribution in [0.25, 0.3) is 11.3 Å². The van der Waals surface area contributed by atoms with E-state index < -0.39 is 16.2 Å². The minimum atomic E-state index is -3.37. The van der Waals surface area contributed by atoms with Gasteiger partial charge in [0.2, 0.25) is 0 Å². The highest BCUT2D eigenvalue weighted by Crippen LogP contribution is 2.31. The molecule has 0 spiro atoms. The molecule has 27 heavy (non-hydrogen) atoms. The zero-order valence-corrected chi connectivity index (χ0v) is 16.2. The Kier molecular flexibility index (Phi) is 5.59. The number of rotatable bonds is 5. The number of benzene rings is 1. The lowest BCUT2D eigenvalue weighted by atomic mass is 9.90. The molecule has 7 nitrogen and oxygen atoms in total. The molecule has 0 aliphatic carbocycles. The minimum absolute atomic E-state index is 0.224. The number of carboxylic acids is 1. The fourth-order valence-electron chi connectivity index (χ4n) is 3.32. The maximum absolute atomic E-state index is 12.2. The van der Waals surface area contributed by atoms with Crippen LogP contribution in [0.3, 0.4) is 0 Å². The number of aromatic carboxylic acids is 1. The topological polar surface area (TPSA) is 90.8 Å². The van der Waals surface area contributed by atoms with Gasteiger partial charge in [-0.3, -0.25) is 4.98 Å². The van der Waals surface area contributed by atoms with Crippen molar-refractivity contribution in [2.45, 2.75) is 18.8 Å². The van der Waals surface area contributed by atoms with Crippen LogP contribution in [0.15, 0.2) is 42.6 Å². The smallest absolute Gasteiger partial charge is 0.335 e. The van der Waals surface area contributed by atoms with Gasteiger partial charge in [-0.15, -0.1) is 0 Å². The Hall–Kier alpha value is -2.29. The van der Waals surface area contributed by atoms with Crippen molar-refractivity contribution in [3.8, 4) is 11.3 Å². The van der Waals surface area contributed by atoms with Crippen LogP contribution in [0, 0.1) is 0 Å². The van der Waals surface area contributed by atoms with Crippen molar-refractivity contribution >= 4 is 16.2 Å². The highest BCUT2D eigenvalue weighted by Gasteiger charge is 2.30. The molecule has 0 radical (unpaired) electrons. The van der Waals surface area contributed by atoms with E-state index in [4.69, 9.17) is 5.11 Å². The van der Waals surface area contributed by atoms with Gasteiger partial charge in [0.15, 0.2) is 0 Å². The van der Waals surface area contributed by atoms with Crippen molar-refractivity contribution in [3.63, 3.8) is 0 Å². The van der Waals surface area contributed by atoms with E-state index in [0.717, 1.165) is 29.7 Å². The van der Waals surface area contributed by atoms with Gasteiger partial charge in [0, 0.05) is 38.9 Å². The normalized spacial score (nSPS) is 16.6. The average molecular weight is 389 g/mol. The SMILES string of the molecule is CN(C)S(=O)(=O)N1CCC(c2ccnc(-c3cccc(C(=O)O)c3)c2)CC1. The van der Waals surface area contributed by atoms with Crippen molar-refractivity contribution in [2.75, 3.05) is 27.2 Å². The summed E-state index contributed by atoms with van der Waals surface area (Å²) in [6.07, 6.45) is 3.21. The van der Waals surface area contributed by atoms with Gasteiger partial charge in [-0.05, 0) is 48.6 Å². The van der Waals surface area contributed by atoms with Crippen LogP contribution >= 0.6 is 0 Å². The van der Waals surface area contributed by atoms with Gasteiger partial charge in [-0.1, -0.05) is 12.1 Å². The van der Waals surface area contributed by atoms with Crippen LogP contribution in [-0.4, -0.2) is 60.3 Å². The fraction of sp³-hybridized carbons (Fsp3) is 0.368. The van der Waals surface area contributed by atoms with Crippen LogP contribution in [-0.2, 0) is 10.2 Å². The first kappa shape index (κ1) is 19.5. The van der Waals surface area contributed by atoms with E-state index in [1.165, 1.54) is 8.61 Å². The standard InChI is InChI=1S/C19H23N3O4S/c1-21(2)27(25,26)22-10-7-14(8-11-22)15-6-9-20-18(13-15)16-4-3-5-17(12-16)19(23)24/h3-6,9,12-14H,7-8,10-11H2,1-2H3,(H,23,24). The molecule has 1 aliphatic heterocycles. The molecule has 8 heteroatoms. The van der Waals surface area contributed by atoms with E-state index in [2.05, 4.69) is 4.98 Å². The second-order valence-electron chi connectivity index (χ2n) is 6.82. The summed E-state index contributed by atoms with van der Waals surface area (Å²) in [5.74, 6) is -0.717. The van der Waals surface area contributed by atoms with Crippen LogP contribution in [0.4, 0.5) is 0 Å². The Morgan fingerprint density at radius 1 is 1.19 bits per heavy atom. The molecule has 2 aromatic rings. The average Bonchev–Trinajstić information content (AvgIpc) is 2.68. The molecule has 1 fully saturated rings. The number of hydrogen-bond donors (Lipinski definition) is 1. The van der Waals surface area contributed by atoms with Gasteiger partial charge < -0.3 is 5.11 Å². The molecular formula is C19H23N3O4S. The molecule has 0 bridgehead atoms. The highest BCUT2D eigenvalue weighted by atomic mass is 32.2. The molecule has 1 aliphatic rings. The quantitative estimate of drug-likeness (QED) is 0.848. The van der Waals surface area contributed by atoms with Crippen LogP contribution < -0.4 is 0 Å². The van der Waals surface area contributed by atoms with Crippen molar-refractivity contribution in [1.82, 2.24) is 13.6 Å². The zero-order valence-electron chi connectivity index (χ0n) is 15.4. The fourth-order valence-corrected chi connectivity index (χ4v) is 4.46. The summed E-state index contributed by atoms with van der Waals surface area (Å²) < 4.78 is 27.3. The molecule has 1 aromatic carbocycles. The molecule has 3 rings (SSSR count). The van der Waals surface area contributed by atoms with E-state index in [1.807, 2.05) is 18.2 Å². The Balaban J connectivity index is 1.78. The first-order chi connectivity index (χ1) is 12.8. The van der Waals surface area contributed by atoms with Gasteiger partial charge in [0.25, 0.3) is 10.2 Å². The summed E-state index contributed by atoms with van der Waals surface area (Å²) in [5, 5.41) is 9.17. The van der Waals surface area contributed by atoms with Crippen molar-refractivity contribution in [2.24, 2.45) is 0 Å². The number of nitrogens with zero attached hydrogens (tertiary/aromatic N) is 3. The Morgan fingerprint density at radius 3 is 2.52 bits per heavy atom. The third-order valence-corrected chi connectivity index (χ3v) is 6.84. The molecular weight excluding hydrogens is 366 g/mol. The molecule has 144 valence electrons. The molecule has 1 aromatic heterocycles. The largest absolute Gasteiger partial charge is 0.478 e. The first-order valence-electron chi connectivity index (χ1n) is 8.76. The number of piperidine rings is 1. The van der Waals surface area contributed by atoms with E-state index in [-0.39, 0.29) is 11.5 Å².